The number of allylic oxidation sites excluding steroid dienone is 1. The lowest BCUT2D eigenvalue weighted by Crippen LogP contribution is -2.39. The van der Waals surface area contributed by atoms with Gasteiger partial charge in [-0.3, -0.25) is 9.36 Å². The first kappa shape index (κ1) is 26.4. The Balaban J connectivity index is 1.97. The highest BCUT2D eigenvalue weighted by molar-refractivity contribution is 9.10. The minimum Gasteiger partial charge on any atom is -0.489 e. The normalized spacial score (nSPS) is 15.7. The molecular formula is C27H26BrClN2O4S. The van der Waals surface area contributed by atoms with E-state index in [0.29, 0.717) is 41.4 Å². The maximum atomic E-state index is 13.8. The molecule has 3 aromatic rings. The highest BCUT2D eigenvalue weighted by Gasteiger charge is 2.33. The topological polar surface area (TPSA) is 69.9 Å². The highest BCUT2D eigenvalue weighted by atomic mass is 79.9. The van der Waals surface area contributed by atoms with Crippen LogP contribution >= 0.6 is 38.9 Å². The van der Waals surface area contributed by atoms with Gasteiger partial charge in [0, 0.05) is 10.6 Å². The fourth-order valence-corrected chi connectivity index (χ4v) is 6.01. The molecule has 1 atom stereocenters. The van der Waals surface area contributed by atoms with Crippen molar-refractivity contribution >= 4 is 50.9 Å². The number of nitrogens with zero attached hydrogens (tertiary/aromatic N) is 2. The van der Waals surface area contributed by atoms with E-state index in [1.54, 1.807) is 36.6 Å². The molecule has 0 amide bonds. The highest BCUT2D eigenvalue weighted by Crippen LogP contribution is 2.34. The Hall–Kier alpha value is -2.68. The number of aromatic nitrogens is 1. The monoisotopic (exact) mass is 588 g/mol. The van der Waals surface area contributed by atoms with Crippen LogP contribution in [0.3, 0.4) is 0 Å². The Morgan fingerprint density at radius 3 is 2.58 bits per heavy atom. The minimum atomic E-state index is -0.652. The summed E-state index contributed by atoms with van der Waals surface area (Å²) in [6.45, 7) is 9.60. The number of rotatable bonds is 6. The summed E-state index contributed by atoms with van der Waals surface area (Å²) in [6.07, 6.45) is 1.68. The van der Waals surface area contributed by atoms with Crippen molar-refractivity contribution in [2.75, 3.05) is 6.61 Å². The van der Waals surface area contributed by atoms with Crippen LogP contribution in [0.1, 0.15) is 50.4 Å². The number of aryl methyl sites for hydroxylation is 1. The molecule has 0 radical (unpaired) electrons. The quantitative estimate of drug-likeness (QED) is 0.366. The lowest BCUT2D eigenvalue weighted by atomic mass is 9.95. The van der Waals surface area contributed by atoms with Gasteiger partial charge in [-0.1, -0.05) is 52.8 Å². The van der Waals surface area contributed by atoms with Gasteiger partial charge in [0.15, 0.2) is 4.80 Å². The number of carbonyl (C=O) groups is 1. The molecule has 0 saturated heterocycles. The van der Waals surface area contributed by atoms with E-state index in [2.05, 4.69) is 20.9 Å². The standard InChI is InChI=1S/C27H26BrClN2O4S/c1-6-34-26(33)22-16(5)30-27-31(23(22)17-9-7-15(4)8-10-17)25(32)21(36-27)12-18-11-19(29)13-20(28)24(18)35-14(2)3/h7-14,23H,6H2,1-5H3/b21-12-/t23-/m1/s1. The third-order valence-corrected chi connectivity index (χ3v) is 7.38. The molecule has 0 fully saturated rings. The van der Waals surface area contributed by atoms with Crippen molar-refractivity contribution in [1.29, 1.82) is 0 Å². The summed E-state index contributed by atoms with van der Waals surface area (Å²) in [5.41, 5.74) is 3.18. The maximum absolute atomic E-state index is 13.8. The molecule has 6 nitrogen and oxygen atoms in total. The summed E-state index contributed by atoms with van der Waals surface area (Å²) in [5, 5.41) is 0.509. The Morgan fingerprint density at radius 1 is 1.25 bits per heavy atom. The number of halogens is 2. The van der Waals surface area contributed by atoms with Crippen molar-refractivity contribution in [3.05, 3.63) is 93.5 Å². The van der Waals surface area contributed by atoms with Crippen LogP contribution in [0.15, 0.2) is 61.9 Å². The van der Waals surface area contributed by atoms with Gasteiger partial charge in [-0.2, -0.15) is 0 Å². The second kappa shape index (κ2) is 10.7. The Bertz CT molecular complexity index is 1540. The van der Waals surface area contributed by atoms with Crippen molar-refractivity contribution < 1.29 is 14.3 Å². The van der Waals surface area contributed by atoms with E-state index < -0.39 is 12.0 Å². The van der Waals surface area contributed by atoms with Gasteiger partial charge in [-0.15, -0.1) is 0 Å². The maximum Gasteiger partial charge on any atom is 0.338 e. The molecule has 2 heterocycles. The van der Waals surface area contributed by atoms with Crippen LogP contribution in [0.4, 0.5) is 0 Å². The van der Waals surface area contributed by atoms with E-state index in [1.807, 2.05) is 45.0 Å². The molecule has 0 N–H and O–H groups in total. The number of fused-ring (bicyclic) bond motifs is 1. The molecule has 0 aliphatic carbocycles. The van der Waals surface area contributed by atoms with E-state index in [4.69, 9.17) is 21.1 Å². The summed E-state index contributed by atoms with van der Waals surface area (Å²) in [6, 6.07) is 10.6. The number of hydrogen-bond acceptors (Lipinski definition) is 6. The van der Waals surface area contributed by atoms with Crippen molar-refractivity contribution in [2.24, 2.45) is 4.99 Å². The molecule has 9 heteroatoms. The Labute approximate surface area is 226 Å². The van der Waals surface area contributed by atoms with Gasteiger partial charge < -0.3 is 9.47 Å². The first-order valence-corrected chi connectivity index (χ1v) is 13.5. The van der Waals surface area contributed by atoms with Crippen molar-refractivity contribution in [2.45, 2.75) is 46.8 Å². The number of ether oxygens (including phenoxy) is 2. The van der Waals surface area contributed by atoms with Crippen LogP contribution in [0.2, 0.25) is 5.02 Å². The fraction of sp³-hybridized carbons (Fsp3) is 0.296. The van der Waals surface area contributed by atoms with E-state index in [-0.39, 0.29) is 18.3 Å². The Kier molecular flexibility index (Phi) is 7.87. The second-order valence-electron chi connectivity index (χ2n) is 8.69. The minimum absolute atomic E-state index is 0.0767. The lowest BCUT2D eigenvalue weighted by Gasteiger charge is -2.24. The third kappa shape index (κ3) is 5.21. The number of carbonyl (C=O) groups excluding carboxylic acids is 1. The van der Waals surface area contributed by atoms with E-state index in [0.717, 1.165) is 11.1 Å². The van der Waals surface area contributed by atoms with Crippen LogP contribution in [0.25, 0.3) is 6.08 Å². The molecule has 2 aromatic carbocycles. The average molecular weight is 590 g/mol. The number of hydrogen-bond donors (Lipinski definition) is 0. The third-order valence-electron chi connectivity index (χ3n) is 5.59. The van der Waals surface area contributed by atoms with Gasteiger partial charge in [0.1, 0.15) is 5.75 Å². The number of benzene rings is 2. The van der Waals surface area contributed by atoms with Gasteiger partial charge in [0.05, 0.1) is 39.0 Å². The predicted octanol–water partition coefficient (Wildman–Crippen LogP) is 5.31. The number of thiazole rings is 1. The first-order valence-electron chi connectivity index (χ1n) is 11.5. The zero-order chi connectivity index (χ0) is 26.1. The predicted molar refractivity (Wildman–Crippen MR) is 146 cm³/mol. The van der Waals surface area contributed by atoms with Gasteiger partial charge >= 0.3 is 5.97 Å². The fourth-order valence-electron chi connectivity index (χ4n) is 4.04. The van der Waals surface area contributed by atoms with Gasteiger partial charge in [-0.25, -0.2) is 9.79 Å². The van der Waals surface area contributed by atoms with Crippen LogP contribution in [0.5, 0.6) is 5.75 Å². The SMILES string of the molecule is CCOC(=O)C1=C(C)N=c2s/c(=C\c3cc(Cl)cc(Br)c3OC(C)C)c(=O)n2[C@@H]1c1ccc(C)cc1. The molecule has 188 valence electrons. The van der Waals surface area contributed by atoms with Crippen molar-refractivity contribution in [3.63, 3.8) is 0 Å². The molecule has 0 unspecified atom stereocenters. The van der Waals surface area contributed by atoms with Crippen molar-refractivity contribution in [3.8, 4) is 5.75 Å². The molecule has 0 spiro atoms. The molecule has 0 saturated carbocycles. The number of esters is 1. The Morgan fingerprint density at radius 2 is 1.94 bits per heavy atom. The van der Waals surface area contributed by atoms with Crippen LogP contribution in [-0.2, 0) is 9.53 Å². The molecule has 1 aromatic heterocycles. The summed E-state index contributed by atoms with van der Waals surface area (Å²) < 4.78 is 14.1. The molecule has 36 heavy (non-hydrogen) atoms. The summed E-state index contributed by atoms with van der Waals surface area (Å²) in [4.78, 5) is 32.0. The van der Waals surface area contributed by atoms with Crippen LogP contribution < -0.4 is 19.6 Å². The molecule has 1 aliphatic rings. The average Bonchev–Trinajstić information content (AvgIpc) is 3.10. The molecule has 1 aliphatic heterocycles. The molecule has 0 bridgehead atoms. The zero-order valence-electron chi connectivity index (χ0n) is 20.6. The smallest absolute Gasteiger partial charge is 0.338 e. The van der Waals surface area contributed by atoms with Gasteiger partial charge in [0.2, 0.25) is 0 Å². The largest absolute Gasteiger partial charge is 0.489 e. The zero-order valence-corrected chi connectivity index (χ0v) is 23.8. The molecule has 4 rings (SSSR count). The van der Waals surface area contributed by atoms with Crippen molar-refractivity contribution in [1.82, 2.24) is 4.57 Å². The lowest BCUT2D eigenvalue weighted by molar-refractivity contribution is -0.139. The van der Waals surface area contributed by atoms with Crippen LogP contribution in [0, 0.1) is 6.92 Å². The summed E-state index contributed by atoms with van der Waals surface area (Å²) in [5.74, 6) is 0.115. The van der Waals surface area contributed by atoms with Crippen LogP contribution in [-0.4, -0.2) is 23.2 Å². The first-order chi connectivity index (χ1) is 17.1. The van der Waals surface area contributed by atoms with E-state index >= 15 is 0 Å². The van der Waals surface area contributed by atoms with Gasteiger partial charge in [0.25, 0.3) is 5.56 Å². The summed E-state index contributed by atoms with van der Waals surface area (Å²) >= 11 is 11.1. The van der Waals surface area contributed by atoms with E-state index in [1.165, 1.54) is 11.3 Å². The van der Waals surface area contributed by atoms with Gasteiger partial charge in [-0.05, 0) is 74.3 Å². The second-order valence-corrected chi connectivity index (χ2v) is 11.0. The molecular weight excluding hydrogens is 564 g/mol. The summed E-state index contributed by atoms with van der Waals surface area (Å²) in [7, 11) is 0. The van der Waals surface area contributed by atoms with E-state index in [9.17, 15) is 9.59 Å².